The summed E-state index contributed by atoms with van der Waals surface area (Å²) in [5.74, 6) is 0.00394. The third-order valence-corrected chi connectivity index (χ3v) is 3.25. The Bertz CT molecular complexity index is 525. The predicted molar refractivity (Wildman–Crippen MR) is 87.3 cm³/mol. The van der Waals surface area contributed by atoms with E-state index in [1.807, 2.05) is 36.4 Å². The summed E-state index contributed by atoms with van der Waals surface area (Å²) in [6.45, 7) is 1.23. The van der Waals surface area contributed by atoms with Gasteiger partial charge in [-0.05, 0) is 43.5 Å². The molecule has 3 heteroatoms. The molecule has 2 aromatic rings. The molecule has 0 heterocycles. The lowest BCUT2D eigenvalue weighted by molar-refractivity contribution is -0.115. The van der Waals surface area contributed by atoms with E-state index in [1.165, 1.54) is 5.56 Å². The zero-order valence-corrected chi connectivity index (χ0v) is 12.2. The largest absolute Gasteiger partial charge is 0.325 e. The van der Waals surface area contributed by atoms with E-state index in [-0.39, 0.29) is 5.91 Å². The van der Waals surface area contributed by atoms with E-state index < -0.39 is 0 Å². The van der Waals surface area contributed by atoms with Crippen molar-refractivity contribution < 1.29 is 4.79 Å². The van der Waals surface area contributed by atoms with E-state index in [2.05, 4.69) is 34.9 Å². The second kappa shape index (κ2) is 8.93. The summed E-state index contributed by atoms with van der Waals surface area (Å²) >= 11 is 0. The van der Waals surface area contributed by atoms with Crippen molar-refractivity contribution in [3.8, 4) is 0 Å². The van der Waals surface area contributed by atoms with Crippen molar-refractivity contribution in [2.75, 3.05) is 18.4 Å². The Balaban J connectivity index is 1.52. The first-order valence-electron chi connectivity index (χ1n) is 7.44. The minimum absolute atomic E-state index is 0.00394. The van der Waals surface area contributed by atoms with E-state index in [0.29, 0.717) is 6.54 Å². The molecular formula is C18H22N2O. The van der Waals surface area contributed by atoms with Crippen molar-refractivity contribution in [1.29, 1.82) is 0 Å². The van der Waals surface area contributed by atoms with E-state index in [1.54, 1.807) is 0 Å². The molecule has 0 aromatic heterocycles. The van der Waals surface area contributed by atoms with Crippen LogP contribution in [-0.4, -0.2) is 19.0 Å². The van der Waals surface area contributed by atoms with Crippen molar-refractivity contribution in [2.45, 2.75) is 19.3 Å². The number of anilines is 1. The Kier molecular flexibility index (Phi) is 6.49. The SMILES string of the molecule is O=C(CNCCCCc1ccccc1)Nc1ccccc1. The van der Waals surface area contributed by atoms with Crippen LogP contribution in [0.2, 0.25) is 0 Å². The van der Waals surface area contributed by atoms with Crippen molar-refractivity contribution in [2.24, 2.45) is 0 Å². The predicted octanol–water partition coefficient (Wildman–Crippen LogP) is 3.24. The molecule has 0 spiro atoms. The van der Waals surface area contributed by atoms with Crippen molar-refractivity contribution in [1.82, 2.24) is 5.32 Å². The van der Waals surface area contributed by atoms with Gasteiger partial charge < -0.3 is 10.6 Å². The average Bonchev–Trinajstić information content (AvgIpc) is 2.53. The molecule has 0 aliphatic heterocycles. The fraction of sp³-hybridized carbons (Fsp3) is 0.278. The molecule has 0 atom stereocenters. The van der Waals surface area contributed by atoms with Crippen LogP contribution < -0.4 is 10.6 Å². The van der Waals surface area contributed by atoms with Gasteiger partial charge in [0.1, 0.15) is 0 Å². The Morgan fingerprint density at radius 1 is 0.857 bits per heavy atom. The van der Waals surface area contributed by atoms with Crippen LogP contribution in [0.4, 0.5) is 5.69 Å². The average molecular weight is 282 g/mol. The summed E-state index contributed by atoms with van der Waals surface area (Å²) in [7, 11) is 0. The van der Waals surface area contributed by atoms with Crippen LogP contribution in [-0.2, 0) is 11.2 Å². The molecule has 2 aromatic carbocycles. The summed E-state index contributed by atoms with van der Waals surface area (Å²) in [6.07, 6.45) is 3.31. The standard InChI is InChI=1S/C18H22N2O/c21-18(20-17-12-5-2-6-13-17)15-19-14-8-7-11-16-9-3-1-4-10-16/h1-6,9-10,12-13,19H,7-8,11,14-15H2,(H,20,21). The molecule has 0 bridgehead atoms. The first kappa shape index (κ1) is 15.3. The summed E-state index contributed by atoms with van der Waals surface area (Å²) in [5.41, 5.74) is 2.22. The highest BCUT2D eigenvalue weighted by atomic mass is 16.1. The number of hydrogen-bond donors (Lipinski definition) is 2. The fourth-order valence-corrected chi connectivity index (χ4v) is 2.15. The normalized spacial score (nSPS) is 10.3. The van der Waals surface area contributed by atoms with Crippen molar-refractivity contribution in [3.63, 3.8) is 0 Å². The van der Waals surface area contributed by atoms with E-state index >= 15 is 0 Å². The number of hydrogen-bond acceptors (Lipinski definition) is 2. The second-order valence-corrected chi connectivity index (χ2v) is 5.03. The van der Waals surface area contributed by atoms with Gasteiger partial charge in [-0.1, -0.05) is 48.5 Å². The second-order valence-electron chi connectivity index (χ2n) is 5.03. The Labute approximate surface area is 126 Å². The number of para-hydroxylation sites is 1. The fourth-order valence-electron chi connectivity index (χ4n) is 2.15. The minimum atomic E-state index is 0.00394. The lowest BCUT2D eigenvalue weighted by Gasteiger charge is -2.06. The molecule has 2 N–H and O–H groups in total. The lowest BCUT2D eigenvalue weighted by Crippen LogP contribution is -2.28. The van der Waals surface area contributed by atoms with E-state index in [0.717, 1.165) is 31.5 Å². The van der Waals surface area contributed by atoms with E-state index in [9.17, 15) is 4.79 Å². The number of benzene rings is 2. The summed E-state index contributed by atoms with van der Waals surface area (Å²) in [5, 5.41) is 6.04. The lowest BCUT2D eigenvalue weighted by atomic mass is 10.1. The topological polar surface area (TPSA) is 41.1 Å². The van der Waals surface area contributed by atoms with Gasteiger partial charge in [0.25, 0.3) is 0 Å². The summed E-state index contributed by atoms with van der Waals surface area (Å²) in [6, 6.07) is 20.0. The molecule has 2 rings (SSSR count). The highest BCUT2D eigenvalue weighted by molar-refractivity contribution is 5.92. The molecular weight excluding hydrogens is 260 g/mol. The number of aryl methyl sites for hydroxylation is 1. The van der Waals surface area contributed by atoms with Crippen molar-refractivity contribution in [3.05, 3.63) is 66.2 Å². The Morgan fingerprint density at radius 3 is 2.24 bits per heavy atom. The number of carbonyl (C=O) groups excluding carboxylic acids is 1. The highest BCUT2D eigenvalue weighted by Gasteiger charge is 2.00. The number of amides is 1. The summed E-state index contributed by atoms with van der Waals surface area (Å²) < 4.78 is 0. The van der Waals surface area contributed by atoms with Crippen LogP contribution in [0.15, 0.2) is 60.7 Å². The molecule has 0 saturated carbocycles. The van der Waals surface area contributed by atoms with Crippen LogP contribution in [0.25, 0.3) is 0 Å². The number of carbonyl (C=O) groups is 1. The zero-order valence-electron chi connectivity index (χ0n) is 12.2. The van der Waals surface area contributed by atoms with Crippen LogP contribution in [0.3, 0.4) is 0 Å². The van der Waals surface area contributed by atoms with Gasteiger partial charge in [-0.15, -0.1) is 0 Å². The van der Waals surface area contributed by atoms with Crippen LogP contribution >= 0.6 is 0 Å². The Hall–Kier alpha value is -2.13. The zero-order chi connectivity index (χ0) is 14.8. The molecule has 1 amide bonds. The highest BCUT2D eigenvalue weighted by Crippen LogP contribution is 2.05. The van der Waals surface area contributed by atoms with Crippen LogP contribution in [0.1, 0.15) is 18.4 Å². The van der Waals surface area contributed by atoms with Gasteiger partial charge in [-0.2, -0.15) is 0 Å². The van der Waals surface area contributed by atoms with Gasteiger partial charge in [-0.3, -0.25) is 4.79 Å². The number of rotatable bonds is 8. The molecule has 0 fully saturated rings. The molecule has 0 saturated heterocycles. The van der Waals surface area contributed by atoms with Gasteiger partial charge in [0.05, 0.1) is 6.54 Å². The number of nitrogens with one attached hydrogen (secondary N) is 2. The monoisotopic (exact) mass is 282 g/mol. The first-order chi connectivity index (χ1) is 10.3. The maximum Gasteiger partial charge on any atom is 0.238 e. The molecule has 3 nitrogen and oxygen atoms in total. The smallest absolute Gasteiger partial charge is 0.238 e. The van der Waals surface area contributed by atoms with Gasteiger partial charge in [0, 0.05) is 5.69 Å². The molecule has 0 aliphatic carbocycles. The maximum atomic E-state index is 11.7. The minimum Gasteiger partial charge on any atom is -0.325 e. The maximum absolute atomic E-state index is 11.7. The summed E-state index contributed by atoms with van der Waals surface area (Å²) in [4.78, 5) is 11.7. The van der Waals surface area contributed by atoms with Gasteiger partial charge >= 0.3 is 0 Å². The van der Waals surface area contributed by atoms with Gasteiger partial charge in [0.15, 0.2) is 0 Å². The third kappa shape index (κ3) is 6.23. The molecule has 0 aliphatic rings. The quantitative estimate of drug-likeness (QED) is 0.730. The van der Waals surface area contributed by atoms with Gasteiger partial charge in [0.2, 0.25) is 5.91 Å². The van der Waals surface area contributed by atoms with Gasteiger partial charge in [-0.25, -0.2) is 0 Å². The third-order valence-electron chi connectivity index (χ3n) is 3.25. The first-order valence-corrected chi connectivity index (χ1v) is 7.44. The molecule has 0 radical (unpaired) electrons. The van der Waals surface area contributed by atoms with Crippen LogP contribution in [0, 0.1) is 0 Å². The number of unbranched alkanes of at least 4 members (excludes halogenated alkanes) is 1. The van der Waals surface area contributed by atoms with Crippen LogP contribution in [0.5, 0.6) is 0 Å². The van der Waals surface area contributed by atoms with Crippen molar-refractivity contribution >= 4 is 11.6 Å². The van der Waals surface area contributed by atoms with E-state index in [4.69, 9.17) is 0 Å². The molecule has 0 unspecified atom stereocenters. The molecule has 110 valence electrons. The molecule has 21 heavy (non-hydrogen) atoms. The Morgan fingerprint density at radius 2 is 1.52 bits per heavy atom.